The molecule has 5 heterocycles. The van der Waals surface area contributed by atoms with Gasteiger partial charge in [0.2, 0.25) is 0 Å². The standard InChI is InChI=1S/C30H40BrN5O4/c1-20-27(29(37)36-12-6-23(7-13-36)34-24-8-16-39-18-26(24)38-2)32-19-33-28(20)35-14-10-30(11-15-35)9-5-21-17-22(31)3-4-25(21)40-30/h3-4,17,19,23-24,26,34H,5-16,18H2,1-2H3/t24-,26+/m0/s1. The van der Waals surface area contributed by atoms with Crippen LogP contribution in [-0.2, 0) is 15.9 Å². The van der Waals surface area contributed by atoms with Crippen molar-refractivity contribution < 1.29 is 19.0 Å². The highest BCUT2D eigenvalue weighted by atomic mass is 79.9. The van der Waals surface area contributed by atoms with Gasteiger partial charge >= 0.3 is 0 Å². The Bertz CT molecular complexity index is 1210. The molecule has 216 valence electrons. The lowest BCUT2D eigenvalue weighted by Gasteiger charge is -2.45. The highest BCUT2D eigenvalue weighted by molar-refractivity contribution is 9.10. The number of nitrogens with one attached hydrogen (secondary N) is 1. The fourth-order valence-corrected chi connectivity index (χ4v) is 7.19. The number of nitrogens with zero attached hydrogens (tertiary/aromatic N) is 4. The van der Waals surface area contributed by atoms with E-state index in [0.717, 1.165) is 99.3 Å². The summed E-state index contributed by atoms with van der Waals surface area (Å²) in [6, 6.07) is 6.99. The molecular formula is C30H40BrN5O4. The molecule has 0 radical (unpaired) electrons. The molecule has 1 aromatic heterocycles. The Kier molecular flexibility index (Phi) is 8.30. The molecule has 3 saturated heterocycles. The van der Waals surface area contributed by atoms with Crippen LogP contribution in [0.1, 0.15) is 60.1 Å². The van der Waals surface area contributed by atoms with E-state index in [1.807, 2.05) is 11.8 Å². The van der Waals surface area contributed by atoms with Crippen molar-refractivity contribution in [3.05, 3.63) is 45.8 Å². The second-order valence-electron chi connectivity index (χ2n) is 11.7. The van der Waals surface area contributed by atoms with Gasteiger partial charge in [0.05, 0.1) is 12.7 Å². The van der Waals surface area contributed by atoms with Crippen LogP contribution in [0.15, 0.2) is 29.0 Å². The Morgan fingerprint density at radius 2 is 1.93 bits per heavy atom. The largest absolute Gasteiger partial charge is 0.487 e. The van der Waals surface area contributed by atoms with Gasteiger partial charge in [0.15, 0.2) is 0 Å². The number of halogens is 1. The first-order valence-electron chi connectivity index (χ1n) is 14.6. The number of hydrogen-bond acceptors (Lipinski definition) is 8. The summed E-state index contributed by atoms with van der Waals surface area (Å²) in [5.41, 5.74) is 2.55. The van der Waals surface area contributed by atoms with Crippen molar-refractivity contribution in [2.45, 2.75) is 75.7 Å². The number of rotatable bonds is 5. The van der Waals surface area contributed by atoms with Gasteiger partial charge in [-0.3, -0.25) is 4.79 Å². The Morgan fingerprint density at radius 1 is 1.12 bits per heavy atom. The summed E-state index contributed by atoms with van der Waals surface area (Å²) in [5.74, 6) is 1.89. The maximum absolute atomic E-state index is 13.6. The van der Waals surface area contributed by atoms with Crippen LogP contribution < -0.4 is 15.0 Å². The SMILES string of the molecule is CO[C@@H]1COCC[C@@H]1NC1CCN(C(=O)c2ncnc(N3CCC4(CCc5cc(Br)ccc5O4)CC3)c2C)CC1. The van der Waals surface area contributed by atoms with Gasteiger partial charge in [-0.1, -0.05) is 15.9 Å². The molecule has 0 bridgehead atoms. The number of piperidine rings is 2. The number of likely N-dealkylation sites (tertiary alicyclic amines) is 1. The summed E-state index contributed by atoms with van der Waals surface area (Å²) in [5, 5.41) is 3.77. The molecule has 10 heteroatoms. The van der Waals surface area contributed by atoms with Crippen molar-refractivity contribution in [1.29, 1.82) is 0 Å². The van der Waals surface area contributed by atoms with Crippen LogP contribution in [0.5, 0.6) is 5.75 Å². The van der Waals surface area contributed by atoms with Crippen molar-refractivity contribution in [2.24, 2.45) is 0 Å². The monoisotopic (exact) mass is 613 g/mol. The number of carbonyl (C=O) groups excluding carboxylic acids is 1. The third kappa shape index (κ3) is 5.73. The first kappa shape index (κ1) is 27.9. The first-order chi connectivity index (χ1) is 19.4. The highest BCUT2D eigenvalue weighted by Gasteiger charge is 2.40. The molecule has 1 aromatic carbocycles. The number of carbonyl (C=O) groups is 1. The van der Waals surface area contributed by atoms with Gasteiger partial charge in [0, 0.05) is 74.9 Å². The lowest BCUT2D eigenvalue weighted by molar-refractivity contribution is -0.0533. The Labute approximate surface area is 245 Å². The summed E-state index contributed by atoms with van der Waals surface area (Å²) in [6.45, 7) is 6.53. The zero-order valence-corrected chi connectivity index (χ0v) is 25.1. The molecular weight excluding hydrogens is 574 g/mol. The normalized spacial score (nSPS) is 25.0. The molecule has 4 aliphatic heterocycles. The topological polar surface area (TPSA) is 89.1 Å². The number of anilines is 1. The van der Waals surface area contributed by atoms with Gasteiger partial charge in [-0.15, -0.1) is 0 Å². The van der Waals surface area contributed by atoms with Gasteiger partial charge in [-0.25, -0.2) is 9.97 Å². The summed E-state index contributed by atoms with van der Waals surface area (Å²) in [7, 11) is 1.75. The van der Waals surface area contributed by atoms with Crippen LogP contribution in [0, 0.1) is 6.92 Å². The van der Waals surface area contributed by atoms with E-state index in [0.29, 0.717) is 24.4 Å². The number of fused-ring (bicyclic) bond motifs is 1. The second-order valence-corrected chi connectivity index (χ2v) is 12.6. The van der Waals surface area contributed by atoms with Crippen molar-refractivity contribution in [3.8, 4) is 5.75 Å². The third-order valence-corrected chi connectivity index (χ3v) is 9.77. The second kappa shape index (κ2) is 11.9. The molecule has 9 nitrogen and oxygen atoms in total. The van der Waals surface area contributed by atoms with Crippen molar-refractivity contribution in [1.82, 2.24) is 20.2 Å². The fourth-order valence-electron chi connectivity index (χ4n) is 6.78. The average Bonchev–Trinajstić information content (AvgIpc) is 2.98. The minimum atomic E-state index is -0.122. The molecule has 3 fully saturated rings. The summed E-state index contributed by atoms with van der Waals surface area (Å²) < 4.78 is 18.8. The van der Waals surface area contributed by atoms with Crippen LogP contribution in [0.3, 0.4) is 0 Å². The molecule has 40 heavy (non-hydrogen) atoms. The molecule has 1 spiro atoms. The van der Waals surface area contributed by atoms with E-state index in [1.54, 1.807) is 13.4 Å². The van der Waals surface area contributed by atoms with Gasteiger partial charge in [-0.05, 0) is 62.8 Å². The predicted octanol–water partition coefficient (Wildman–Crippen LogP) is 3.91. The number of methoxy groups -OCH3 is 1. The summed E-state index contributed by atoms with van der Waals surface area (Å²) in [4.78, 5) is 26.9. The summed E-state index contributed by atoms with van der Waals surface area (Å²) >= 11 is 3.57. The number of aryl methyl sites for hydroxylation is 1. The molecule has 2 aromatic rings. The molecule has 6 rings (SSSR count). The smallest absolute Gasteiger partial charge is 0.272 e. The van der Waals surface area contributed by atoms with Gasteiger partial charge in [0.1, 0.15) is 29.2 Å². The van der Waals surface area contributed by atoms with Crippen molar-refractivity contribution >= 4 is 27.7 Å². The minimum absolute atomic E-state index is 0.00676. The highest BCUT2D eigenvalue weighted by Crippen LogP contribution is 2.41. The predicted molar refractivity (Wildman–Crippen MR) is 156 cm³/mol. The molecule has 0 aliphatic carbocycles. The maximum atomic E-state index is 13.6. The average molecular weight is 615 g/mol. The number of aromatic nitrogens is 2. The Hall–Kier alpha value is -2.27. The zero-order valence-electron chi connectivity index (χ0n) is 23.5. The molecule has 1 amide bonds. The zero-order chi connectivity index (χ0) is 27.7. The third-order valence-electron chi connectivity index (χ3n) is 9.27. The van der Waals surface area contributed by atoms with E-state index in [2.05, 4.69) is 54.3 Å². The van der Waals surface area contributed by atoms with Crippen molar-refractivity contribution in [2.75, 3.05) is 51.4 Å². The maximum Gasteiger partial charge on any atom is 0.272 e. The first-order valence-corrected chi connectivity index (χ1v) is 15.4. The molecule has 2 atom stereocenters. The Morgan fingerprint density at radius 3 is 2.70 bits per heavy atom. The van der Waals surface area contributed by atoms with Crippen molar-refractivity contribution in [3.63, 3.8) is 0 Å². The van der Waals surface area contributed by atoms with E-state index in [-0.39, 0.29) is 17.6 Å². The molecule has 0 unspecified atom stereocenters. The van der Waals surface area contributed by atoms with Gasteiger partial charge < -0.3 is 29.3 Å². The van der Waals surface area contributed by atoms with Crippen LogP contribution in [0.2, 0.25) is 0 Å². The van der Waals surface area contributed by atoms with E-state index in [4.69, 9.17) is 14.2 Å². The van der Waals surface area contributed by atoms with E-state index >= 15 is 0 Å². The molecule has 0 saturated carbocycles. The number of hydrogen-bond donors (Lipinski definition) is 1. The lowest BCUT2D eigenvalue weighted by atomic mass is 9.83. The number of ether oxygens (including phenoxy) is 3. The minimum Gasteiger partial charge on any atom is -0.487 e. The molecule has 4 aliphatic rings. The van der Waals surface area contributed by atoms with E-state index in [9.17, 15) is 4.79 Å². The van der Waals surface area contributed by atoms with Crippen LogP contribution >= 0.6 is 15.9 Å². The molecule has 1 N–H and O–H groups in total. The van der Waals surface area contributed by atoms with E-state index < -0.39 is 0 Å². The fraction of sp³-hybridized carbons (Fsp3) is 0.633. The number of amides is 1. The Balaban J connectivity index is 1.06. The number of benzene rings is 1. The van der Waals surface area contributed by atoms with Crippen LogP contribution in [0.4, 0.5) is 5.82 Å². The quantitative estimate of drug-likeness (QED) is 0.543. The lowest BCUT2D eigenvalue weighted by Crippen LogP contribution is -2.54. The summed E-state index contributed by atoms with van der Waals surface area (Å²) in [6.07, 6.45) is 8.37. The van der Waals surface area contributed by atoms with E-state index in [1.165, 1.54) is 5.56 Å². The van der Waals surface area contributed by atoms with Gasteiger partial charge in [0.25, 0.3) is 5.91 Å². The van der Waals surface area contributed by atoms with Crippen LogP contribution in [-0.4, -0.2) is 91.1 Å². The van der Waals surface area contributed by atoms with Crippen LogP contribution in [0.25, 0.3) is 0 Å². The van der Waals surface area contributed by atoms with Gasteiger partial charge in [-0.2, -0.15) is 0 Å².